The molecular weight excluding hydrogens is 265 g/mol. The lowest BCUT2D eigenvalue weighted by atomic mass is 10.2. The van der Waals surface area contributed by atoms with E-state index >= 15 is 0 Å². The lowest BCUT2D eigenvalue weighted by Crippen LogP contribution is -2.00. The first-order valence-corrected chi connectivity index (χ1v) is 6.39. The van der Waals surface area contributed by atoms with E-state index in [-0.39, 0.29) is 11.7 Å². The van der Waals surface area contributed by atoms with Crippen molar-refractivity contribution in [3.63, 3.8) is 0 Å². The molecule has 0 unspecified atom stereocenters. The van der Waals surface area contributed by atoms with E-state index in [0.717, 1.165) is 22.4 Å². The van der Waals surface area contributed by atoms with Crippen LogP contribution >= 0.6 is 11.6 Å². The second-order valence-corrected chi connectivity index (χ2v) is 4.54. The standard InChI is InChI=1S/C14H11ClFN3/c1-9-6-7-17-14-13(9)18-12(8-15)19(14)11-4-2-10(16)3-5-11/h2-7H,8H2,1H3. The zero-order chi connectivity index (χ0) is 13.4. The number of fused-ring (bicyclic) bond motifs is 1. The minimum atomic E-state index is -0.273. The predicted octanol–water partition coefficient (Wildman–Crippen LogP) is 3.61. The van der Waals surface area contributed by atoms with Crippen LogP contribution in [0.2, 0.25) is 0 Å². The Morgan fingerprint density at radius 1 is 1.21 bits per heavy atom. The highest BCUT2D eigenvalue weighted by Gasteiger charge is 2.14. The highest BCUT2D eigenvalue weighted by molar-refractivity contribution is 6.17. The lowest BCUT2D eigenvalue weighted by Gasteiger charge is -2.06. The molecule has 3 nitrogen and oxygen atoms in total. The summed E-state index contributed by atoms with van der Waals surface area (Å²) in [4.78, 5) is 8.86. The van der Waals surface area contributed by atoms with Crippen LogP contribution in [-0.2, 0) is 5.88 Å². The third kappa shape index (κ3) is 1.98. The number of alkyl halides is 1. The Labute approximate surface area is 114 Å². The Morgan fingerprint density at radius 3 is 2.63 bits per heavy atom. The number of hydrogen-bond donors (Lipinski definition) is 0. The van der Waals surface area contributed by atoms with Crippen LogP contribution in [0.4, 0.5) is 4.39 Å². The van der Waals surface area contributed by atoms with E-state index in [1.165, 1.54) is 12.1 Å². The highest BCUT2D eigenvalue weighted by atomic mass is 35.5. The van der Waals surface area contributed by atoms with Gasteiger partial charge in [-0.3, -0.25) is 4.57 Å². The SMILES string of the molecule is Cc1ccnc2c1nc(CCl)n2-c1ccc(F)cc1. The summed E-state index contributed by atoms with van der Waals surface area (Å²) in [6.07, 6.45) is 1.73. The molecule has 1 aromatic carbocycles. The number of benzene rings is 1. The van der Waals surface area contributed by atoms with Crippen LogP contribution in [-0.4, -0.2) is 14.5 Å². The molecule has 0 amide bonds. The average molecular weight is 276 g/mol. The van der Waals surface area contributed by atoms with Gasteiger partial charge >= 0.3 is 0 Å². The summed E-state index contributed by atoms with van der Waals surface area (Å²) >= 11 is 5.95. The van der Waals surface area contributed by atoms with Gasteiger partial charge in [0.05, 0.1) is 5.88 Å². The van der Waals surface area contributed by atoms with Gasteiger partial charge in [-0.25, -0.2) is 14.4 Å². The van der Waals surface area contributed by atoms with Gasteiger partial charge in [0.15, 0.2) is 5.65 Å². The molecule has 3 rings (SSSR count). The summed E-state index contributed by atoms with van der Waals surface area (Å²) < 4.78 is 14.9. The smallest absolute Gasteiger partial charge is 0.164 e. The zero-order valence-electron chi connectivity index (χ0n) is 10.3. The number of halogens is 2. The third-order valence-corrected chi connectivity index (χ3v) is 3.26. The molecule has 96 valence electrons. The van der Waals surface area contributed by atoms with Crippen molar-refractivity contribution in [3.8, 4) is 5.69 Å². The first kappa shape index (κ1) is 12.1. The van der Waals surface area contributed by atoms with Crippen molar-refractivity contribution in [3.05, 3.63) is 53.7 Å². The molecule has 3 aromatic rings. The van der Waals surface area contributed by atoms with E-state index in [1.807, 2.05) is 17.6 Å². The van der Waals surface area contributed by atoms with Crippen LogP contribution in [0.5, 0.6) is 0 Å². The van der Waals surface area contributed by atoms with Crippen molar-refractivity contribution >= 4 is 22.8 Å². The molecule has 0 bridgehead atoms. The van der Waals surface area contributed by atoms with Crippen LogP contribution in [0, 0.1) is 12.7 Å². The Hall–Kier alpha value is -1.94. The summed E-state index contributed by atoms with van der Waals surface area (Å²) in [6.45, 7) is 1.98. The van der Waals surface area contributed by atoms with Crippen molar-refractivity contribution in [2.45, 2.75) is 12.8 Å². The molecular formula is C14H11ClFN3. The number of aromatic nitrogens is 3. The van der Waals surface area contributed by atoms with Gasteiger partial charge < -0.3 is 0 Å². The molecule has 0 fully saturated rings. The quantitative estimate of drug-likeness (QED) is 0.669. The van der Waals surface area contributed by atoms with E-state index in [2.05, 4.69) is 9.97 Å². The van der Waals surface area contributed by atoms with Crippen LogP contribution in [0.3, 0.4) is 0 Å². The molecule has 0 spiro atoms. The van der Waals surface area contributed by atoms with Gasteiger partial charge in [-0.2, -0.15) is 0 Å². The van der Waals surface area contributed by atoms with Gasteiger partial charge in [-0.15, -0.1) is 11.6 Å². The maximum absolute atomic E-state index is 13.0. The molecule has 2 aromatic heterocycles. The van der Waals surface area contributed by atoms with Crippen molar-refractivity contribution in [1.29, 1.82) is 0 Å². The maximum atomic E-state index is 13.0. The number of imidazole rings is 1. The van der Waals surface area contributed by atoms with E-state index in [9.17, 15) is 4.39 Å². The third-order valence-electron chi connectivity index (χ3n) is 3.02. The molecule has 0 aliphatic rings. The van der Waals surface area contributed by atoms with Crippen molar-refractivity contribution in [2.24, 2.45) is 0 Å². The summed E-state index contributed by atoms with van der Waals surface area (Å²) in [5.74, 6) is 0.697. The fraction of sp³-hybridized carbons (Fsp3) is 0.143. The van der Waals surface area contributed by atoms with Gasteiger partial charge in [0.25, 0.3) is 0 Å². The Balaban J connectivity index is 2.32. The van der Waals surface area contributed by atoms with Gasteiger partial charge in [0, 0.05) is 11.9 Å². The summed E-state index contributed by atoms with van der Waals surface area (Å²) in [5, 5.41) is 0. The highest BCUT2D eigenvalue weighted by Crippen LogP contribution is 2.23. The lowest BCUT2D eigenvalue weighted by molar-refractivity contribution is 0.627. The monoisotopic (exact) mass is 275 g/mol. The van der Waals surface area contributed by atoms with E-state index < -0.39 is 0 Å². The first-order chi connectivity index (χ1) is 9.20. The topological polar surface area (TPSA) is 30.7 Å². The molecule has 2 heterocycles. The number of pyridine rings is 1. The molecule has 19 heavy (non-hydrogen) atoms. The zero-order valence-corrected chi connectivity index (χ0v) is 11.0. The fourth-order valence-corrected chi connectivity index (χ4v) is 2.27. The minimum absolute atomic E-state index is 0.271. The van der Waals surface area contributed by atoms with E-state index in [0.29, 0.717) is 5.82 Å². The minimum Gasteiger partial charge on any atom is -0.280 e. The number of nitrogens with zero attached hydrogens (tertiary/aromatic N) is 3. The number of aryl methyl sites for hydroxylation is 1. The summed E-state index contributed by atoms with van der Waals surface area (Å²) in [5.41, 5.74) is 3.40. The van der Waals surface area contributed by atoms with E-state index in [4.69, 9.17) is 11.6 Å². The first-order valence-electron chi connectivity index (χ1n) is 5.85. The van der Waals surface area contributed by atoms with Gasteiger partial charge in [-0.1, -0.05) is 0 Å². The molecule has 0 saturated heterocycles. The van der Waals surface area contributed by atoms with Crippen LogP contribution in [0.1, 0.15) is 11.4 Å². The predicted molar refractivity (Wildman–Crippen MR) is 73.1 cm³/mol. The average Bonchev–Trinajstić information content (AvgIpc) is 2.80. The van der Waals surface area contributed by atoms with Crippen molar-refractivity contribution in [2.75, 3.05) is 0 Å². The second kappa shape index (κ2) is 4.63. The molecule has 0 saturated carbocycles. The van der Waals surface area contributed by atoms with Gasteiger partial charge in [-0.05, 0) is 42.8 Å². The summed E-state index contributed by atoms with van der Waals surface area (Å²) in [7, 11) is 0. The van der Waals surface area contributed by atoms with Gasteiger partial charge in [0.2, 0.25) is 0 Å². The van der Waals surface area contributed by atoms with Crippen LogP contribution < -0.4 is 0 Å². The molecule has 0 aliphatic heterocycles. The van der Waals surface area contributed by atoms with E-state index in [1.54, 1.807) is 18.3 Å². The van der Waals surface area contributed by atoms with Gasteiger partial charge in [0.1, 0.15) is 17.2 Å². The molecule has 0 aliphatic carbocycles. The Kier molecular flexibility index (Phi) is 2.95. The molecule has 0 radical (unpaired) electrons. The molecule has 0 N–H and O–H groups in total. The van der Waals surface area contributed by atoms with Crippen molar-refractivity contribution < 1.29 is 4.39 Å². The maximum Gasteiger partial charge on any atom is 0.164 e. The second-order valence-electron chi connectivity index (χ2n) is 4.27. The Morgan fingerprint density at radius 2 is 1.95 bits per heavy atom. The Bertz CT molecular complexity index is 734. The molecule has 0 atom stereocenters. The van der Waals surface area contributed by atoms with Crippen LogP contribution in [0.25, 0.3) is 16.9 Å². The summed E-state index contributed by atoms with van der Waals surface area (Å²) in [6, 6.07) is 8.11. The largest absolute Gasteiger partial charge is 0.280 e. The number of rotatable bonds is 2. The van der Waals surface area contributed by atoms with Crippen molar-refractivity contribution in [1.82, 2.24) is 14.5 Å². The number of hydrogen-bond acceptors (Lipinski definition) is 2. The van der Waals surface area contributed by atoms with Crippen LogP contribution in [0.15, 0.2) is 36.5 Å². The molecule has 5 heteroatoms. The normalized spacial score (nSPS) is 11.1. The fourth-order valence-electron chi connectivity index (χ4n) is 2.09.